The monoisotopic (exact) mass is 373 g/mol. The molecule has 0 atom stereocenters. The second-order valence-corrected chi connectivity index (χ2v) is 6.79. The highest BCUT2D eigenvalue weighted by molar-refractivity contribution is 6.32. The Kier molecular flexibility index (Phi) is 5.47. The van der Waals surface area contributed by atoms with Crippen LogP contribution in [0.4, 0.5) is 5.69 Å². The Morgan fingerprint density at radius 2 is 1.84 bits per heavy atom. The maximum Gasteiger partial charge on any atom is 0.227 e. The van der Waals surface area contributed by atoms with Gasteiger partial charge < -0.3 is 9.80 Å². The molecule has 4 nitrogen and oxygen atoms in total. The van der Waals surface area contributed by atoms with Crippen molar-refractivity contribution >= 4 is 34.8 Å². The van der Waals surface area contributed by atoms with E-state index in [4.69, 9.17) is 28.5 Å². The van der Waals surface area contributed by atoms with E-state index in [2.05, 4.69) is 11.0 Å². The molecule has 0 spiro atoms. The molecule has 1 fully saturated rings. The molecule has 0 N–H and O–H groups in total. The third-order valence-electron chi connectivity index (χ3n) is 4.32. The second kappa shape index (κ2) is 7.77. The Balaban J connectivity index is 1.59. The number of benzene rings is 2. The molecular formula is C19H17Cl2N3O. The van der Waals surface area contributed by atoms with Crippen LogP contribution in [-0.4, -0.2) is 37.0 Å². The van der Waals surface area contributed by atoms with Crippen molar-refractivity contribution < 1.29 is 4.79 Å². The number of amides is 1. The topological polar surface area (TPSA) is 47.3 Å². The Bertz CT molecular complexity index is 824. The third kappa shape index (κ3) is 4.25. The van der Waals surface area contributed by atoms with Gasteiger partial charge in [-0.25, -0.2) is 0 Å². The summed E-state index contributed by atoms with van der Waals surface area (Å²) in [5.74, 6) is 0.111. The van der Waals surface area contributed by atoms with E-state index in [0.29, 0.717) is 35.1 Å². The molecule has 0 aromatic heterocycles. The first-order valence-electron chi connectivity index (χ1n) is 8.03. The first-order valence-corrected chi connectivity index (χ1v) is 8.79. The molecule has 0 bridgehead atoms. The van der Waals surface area contributed by atoms with Gasteiger partial charge in [0.25, 0.3) is 0 Å². The number of hydrogen-bond acceptors (Lipinski definition) is 3. The molecule has 0 unspecified atom stereocenters. The van der Waals surface area contributed by atoms with Gasteiger partial charge >= 0.3 is 0 Å². The van der Waals surface area contributed by atoms with Gasteiger partial charge in [-0.3, -0.25) is 4.79 Å². The molecule has 0 radical (unpaired) electrons. The van der Waals surface area contributed by atoms with Crippen LogP contribution in [0.2, 0.25) is 10.0 Å². The fourth-order valence-corrected chi connectivity index (χ4v) is 3.37. The van der Waals surface area contributed by atoms with Crippen LogP contribution in [0.15, 0.2) is 42.5 Å². The standard InChI is InChI=1S/C19H17Cl2N3O/c20-16-3-1-2-14(10-16)11-19(25)24-8-6-23(7-9-24)17-5-4-15(13-22)18(21)12-17/h1-5,10,12H,6-9,11H2. The largest absolute Gasteiger partial charge is 0.368 e. The summed E-state index contributed by atoms with van der Waals surface area (Å²) in [5.41, 5.74) is 2.38. The fraction of sp³-hybridized carbons (Fsp3) is 0.263. The summed E-state index contributed by atoms with van der Waals surface area (Å²) in [6.07, 6.45) is 0.364. The highest BCUT2D eigenvalue weighted by Gasteiger charge is 2.21. The van der Waals surface area contributed by atoms with Gasteiger partial charge in [-0.05, 0) is 35.9 Å². The molecule has 25 heavy (non-hydrogen) atoms. The van der Waals surface area contributed by atoms with Crippen LogP contribution in [0.5, 0.6) is 0 Å². The van der Waals surface area contributed by atoms with Gasteiger partial charge in [-0.1, -0.05) is 35.3 Å². The predicted octanol–water partition coefficient (Wildman–Crippen LogP) is 3.76. The summed E-state index contributed by atoms with van der Waals surface area (Å²) in [6, 6.07) is 14.9. The number of anilines is 1. The first-order chi connectivity index (χ1) is 12.1. The van der Waals surface area contributed by atoms with Crippen LogP contribution in [0, 0.1) is 11.3 Å². The molecular weight excluding hydrogens is 357 g/mol. The van der Waals surface area contributed by atoms with E-state index >= 15 is 0 Å². The van der Waals surface area contributed by atoms with Crippen molar-refractivity contribution in [3.63, 3.8) is 0 Å². The number of hydrogen-bond donors (Lipinski definition) is 0. The molecule has 1 aliphatic rings. The molecule has 1 saturated heterocycles. The quantitative estimate of drug-likeness (QED) is 0.822. The SMILES string of the molecule is N#Cc1ccc(N2CCN(C(=O)Cc3cccc(Cl)c3)CC2)cc1Cl. The summed E-state index contributed by atoms with van der Waals surface area (Å²) < 4.78 is 0. The first kappa shape index (κ1) is 17.6. The van der Waals surface area contributed by atoms with Gasteiger partial charge in [0.1, 0.15) is 6.07 Å². The molecule has 1 aliphatic heterocycles. The van der Waals surface area contributed by atoms with E-state index in [1.807, 2.05) is 35.2 Å². The molecule has 1 heterocycles. The van der Waals surface area contributed by atoms with Crippen molar-refractivity contribution in [3.8, 4) is 6.07 Å². The van der Waals surface area contributed by atoms with Crippen molar-refractivity contribution in [1.82, 2.24) is 4.90 Å². The zero-order valence-corrected chi connectivity index (χ0v) is 15.1. The lowest BCUT2D eigenvalue weighted by atomic mass is 10.1. The Morgan fingerprint density at radius 1 is 1.08 bits per heavy atom. The van der Waals surface area contributed by atoms with Crippen LogP contribution in [0.25, 0.3) is 0 Å². The molecule has 0 aliphatic carbocycles. The molecule has 6 heteroatoms. The van der Waals surface area contributed by atoms with E-state index in [1.54, 1.807) is 12.1 Å². The van der Waals surface area contributed by atoms with Crippen LogP contribution >= 0.6 is 23.2 Å². The van der Waals surface area contributed by atoms with E-state index in [-0.39, 0.29) is 5.91 Å². The minimum absolute atomic E-state index is 0.111. The molecule has 2 aromatic rings. The Labute approximate surface area is 157 Å². The van der Waals surface area contributed by atoms with Gasteiger partial charge in [0.05, 0.1) is 17.0 Å². The van der Waals surface area contributed by atoms with E-state index in [0.717, 1.165) is 24.3 Å². The Hall–Kier alpha value is -2.22. The highest BCUT2D eigenvalue weighted by atomic mass is 35.5. The smallest absolute Gasteiger partial charge is 0.227 e. The molecule has 0 saturated carbocycles. The van der Waals surface area contributed by atoms with Crippen LogP contribution in [0.3, 0.4) is 0 Å². The fourth-order valence-electron chi connectivity index (χ4n) is 2.94. The number of carbonyl (C=O) groups excluding carboxylic acids is 1. The number of halogens is 2. The predicted molar refractivity (Wildman–Crippen MR) is 100 cm³/mol. The zero-order valence-electron chi connectivity index (χ0n) is 13.6. The van der Waals surface area contributed by atoms with Crippen molar-refractivity contribution in [1.29, 1.82) is 5.26 Å². The van der Waals surface area contributed by atoms with E-state index < -0.39 is 0 Å². The molecule has 2 aromatic carbocycles. The lowest BCUT2D eigenvalue weighted by molar-refractivity contribution is -0.130. The average Bonchev–Trinajstić information content (AvgIpc) is 2.62. The van der Waals surface area contributed by atoms with Gasteiger partial charge in [-0.2, -0.15) is 5.26 Å². The van der Waals surface area contributed by atoms with Gasteiger partial charge in [0.15, 0.2) is 0 Å². The van der Waals surface area contributed by atoms with Gasteiger partial charge in [0, 0.05) is 36.9 Å². The maximum absolute atomic E-state index is 12.5. The number of nitriles is 1. The lowest BCUT2D eigenvalue weighted by Crippen LogP contribution is -2.49. The van der Waals surface area contributed by atoms with Crippen LogP contribution < -0.4 is 4.90 Å². The number of nitrogens with zero attached hydrogens (tertiary/aromatic N) is 3. The normalized spacial score (nSPS) is 14.3. The van der Waals surface area contributed by atoms with Crippen molar-refractivity contribution in [3.05, 3.63) is 63.6 Å². The zero-order chi connectivity index (χ0) is 17.8. The summed E-state index contributed by atoms with van der Waals surface area (Å²) >= 11 is 12.1. The van der Waals surface area contributed by atoms with Crippen LogP contribution in [0.1, 0.15) is 11.1 Å². The Morgan fingerprint density at radius 3 is 2.48 bits per heavy atom. The lowest BCUT2D eigenvalue weighted by Gasteiger charge is -2.36. The van der Waals surface area contributed by atoms with Crippen molar-refractivity contribution in [2.75, 3.05) is 31.1 Å². The molecule has 3 rings (SSSR count). The van der Waals surface area contributed by atoms with E-state index in [9.17, 15) is 4.79 Å². The summed E-state index contributed by atoms with van der Waals surface area (Å²) in [4.78, 5) is 16.5. The average molecular weight is 374 g/mol. The third-order valence-corrected chi connectivity index (χ3v) is 4.86. The summed E-state index contributed by atoms with van der Waals surface area (Å²) in [6.45, 7) is 2.81. The number of carbonyl (C=O) groups is 1. The minimum Gasteiger partial charge on any atom is -0.368 e. The van der Waals surface area contributed by atoms with E-state index in [1.165, 1.54) is 0 Å². The van der Waals surface area contributed by atoms with Gasteiger partial charge in [0.2, 0.25) is 5.91 Å². The molecule has 128 valence electrons. The highest BCUT2D eigenvalue weighted by Crippen LogP contribution is 2.24. The van der Waals surface area contributed by atoms with Crippen LogP contribution in [-0.2, 0) is 11.2 Å². The maximum atomic E-state index is 12.5. The second-order valence-electron chi connectivity index (χ2n) is 5.95. The molecule has 1 amide bonds. The summed E-state index contributed by atoms with van der Waals surface area (Å²) in [5, 5.41) is 10.1. The minimum atomic E-state index is 0.111. The van der Waals surface area contributed by atoms with Gasteiger partial charge in [-0.15, -0.1) is 0 Å². The summed E-state index contributed by atoms with van der Waals surface area (Å²) in [7, 11) is 0. The number of rotatable bonds is 3. The van der Waals surface area contributed by atoms with Crippen molar-refractivity contribution in [2.24, 2.45) is 0 Å². The number of piperazine rings is 1. The van der Waals surface area contributed by atoms with Crippen molar-refractivity contribution in [2.45, 2.75) is 6.42 Å².